The number of aryl methyl sites for hydroxylation is 2. The number of hydrogen-bond acceptors (Lipinski definition) is 0. The van der Waals surface area contributed by atoms with Crippen LogP contribution in [0.25, 0.3) is 0 Å². The van der Waals surface area contributed by atoms with E-state index in [1.54, 1.807) is 0 Å². The van der Waals surface area contributed by atoms with E-state index in [2.05, 4.69) is 26.0 Å². The van der Waals surface area contributed by atoms with E-state index < -0.39 is 0 Å². The fourth-order valence-corrected chi connectivity index (χ4v) is 1.58. The maximum atomic E-state index is 2.93. The van der Waals surface area contributed by atoms with Gasteiger partial charge in [-0.15, -0.1) is 0 Å². The molecule has 0 N–H and O–H groups in total. The van der Waals surface area contributed by atoms with Crippen molar-refractivity contribution in [3.05, 3.63) is 132 Å². The Morgan fingerprint density at radius 3 is 0.960 bits per heavy atom. The van der Waals surface area contributed by atoms with Crippen molar-refractivity contribution in [2.45, 2.75) is 13.8 Å². The fraction of sp³-hybridized carbons (Fsp3) is 0.0833. The molecule has 124 valence electrons. The average molecular weight is 360 g/mol. The Labute approximate surface area is 167 Å². The van der Waals surface area contributed by atoms with Crippen LogP contribution in [0.1, 0.15) is 11.1 Å². The van der Waals surface area contributed by atoms with Gasteiger partial charge in [0, 0.05) is 0 Å². The number of benzene rings is 2. The summed E-state index contributed by atoms with van der Waals surface area (Å²) in [6.07, 6.45) is 0. The Morgan fingerprint density at radius 1 is 0.560 bits per heavy atom. The van der Waals surface area contributed by atoms with E-state index in [0.717, 1.165) is 0 Å². The third-order valence-corrected chi connectivity index (χ3v) is 2.88. The van der Waals surface area contributed by atoms with Crippen LogP contribution in [0.3, 0.4) is 0 Å². The summed E-state index contributed by atoms with van der Waals surface area (Å²) in [5.74, 6) is 0. The first-order valence-electron chi connectivity index (χ1n) is 7.98. The Bertz CT molecular complexity index is 567. The third-order valence-electron chi connectivity index (χ3n) is 2.88. The van der Waals surface area contributed by atoms with Gasteiger partial charge >= 0.3 is 21.7 Å². The summed E-state index contributed by atoms with van der Waals surface area (Å²) in [7, 11) is 0. The SMILES string of the molecule is Cc1cc[c-]cc1.Cc1cc[c-]cc1.[Ti+4].c1cc[cH-]c1.c1cc[cH-]c1. The summed E-state index contributed by atoms with van der Waals surface area (Å²) in [5.41, 5.74) is 2.58. The Hall–Kier alpha value is -2.15. The van der Waals surface area contributed by atoms with Crippen LogP contribution in [-0.2, 0) is 21.7 Å². The molecule has 0 bridgehead atoms. The standard InChI is InChI=1S/2C7H7.2C5H5.Ti/c2*1-7-5-3-2-4-6-7;2*1-2-4-5-3-1;/h2*3-6H,1H3;2*1-5H;/q4*-1;+4. The van der Waals surface area contributed by atoms with Gasteiger partial charge in [-0.1, -0.05) is 13.8 Å². The Morgan fingerprint density at radius 2 is 0.840 bits per heavy atom. The van der Waals surface area contributed by atoms with Crippen LogP contribution in [0.15, 0.2) is 109 Å². The minimum absolute atomic E-state index is 0. The van der Waals surface area contributed by atoms with Crippen LogP contribution in [0, 0.1) is 26.0 Å². The molecule has 0 atom stereocenters. The second-order valence-corrected chi connectivity index (χ2v) is 5.08. The topological polar surface area (TPSA) is 0 Å². The van der Waals surface area contributed by atoms with Gasteiger partial charge in [0.1, 0.15) is 0 Å². The second-order valence-electron chi connectivity index (χ2n) is 5.08. The van der Waals surface area contributed by atoms with Gasteiger partial charge in [-0.3, -0.25) is 0 Å². The largest absolute Gasteiger partial charge is 4.00 e. The van der Waals surface area contributed by atoms with Gasteiger partial charge in [-0.05, 0) is 0 Å². The van der Waals surface area contributed by atoms with Crippen molar-refractivity contribution in [3.63, 3.8) is 0 Å². The molecule has 0 spiro atoms. The summed E-state index contributed by atoms with van der Waals surface area (Å²) < 4.78 is 0. The molecule has 4 aromatic carbocycles. The molecule has 0 aliphatic rings. The van der Waals surface area contributed by atoms with Gasteiger partial charge in [0.2, 0.25) is 0 Å². The van der Waals surface area contributed by atoms with Crippen molar-refractivity contribution >= 4 is 0 Å². The van der Waals surface area contributed by atoms with Gasteiger partial charge in [0.15, 0.2) is 0 Å². The summed E-state index contributed by atoms with van der Waals surface area (Å²) >= 11 is 0. The van der Waals surface area contributed by atoms with E-state index in [1.165, 1.54) is 11.1 Å². The molecule has 0 aliphatic heterocycles. The Kier molecular flexibility index (Phi) is 15.3. The van der Waals surface area contributed by atoms with E-state index in [-0.39, 0.29) is 21.7 Å². The van der Waals surface area contributed by atoms with Crippen molar-refractivity contribution in [3.8, 4) is 0 Å². The van der Waals surface area contributed by atoms with Crippen LogP contribution < -0.4 is 0 Å². The molecule has 1 heteroatoms. The fourth-order valence-electron chi connectivity index (χ4n) is 1.58. The van der Waals surface area contributed by atoms with Crippen molar-refractivity contribution < 1.29 is 21.7 Å². The van der Waals surface area contributed by atoms with Crippen LogP contribution in [0.4, 0.5) is 0 Å². The molecule has 0 aliphatic carbocycles. The zero-order chi connectivity index (χ0) is 17.3. The quantitative estimate of drug-likeness (QED) is 0.251. The van der Waals surface area contributed by atoms with Gasteiger partial charge in [-0.25, -0.2) is 24.3 Å². The summed E-state index contributed by atoms with van der Waals surface area (Å²) in [5, 5.41) is 0. The summed E-state index contributed by atoms with van der Waals surface area (Å²) in [4.78, 5) is 0. The van der Waals surface area contributed by atoms with Crippen LogP contribution in [0.2, 0.25) is 0 Å². The predicted octanol–water partition coefficient (Wildman–Crippen LogP) is 6.40. The van der Waals surface area contributed by atoms with E-state index in [4.69, 9.17) is 0 Å². The maximum absolute atomic E-state index is 2.93. The molecular weight excluding hydrogens is 336 g/mol. The zero-order valence-electron chi connectivity index (χ0n) is 14.9. The second kappa shape index (κ2) is 16.7. The molecule has 4 rings (SSSR count). The molecule has 0 saturated carbocycles. The minimum atomic E-state index is 0. The third kappa shape index (κ3) is 15.1. The van der Waals surface area contributed by atoms with Crippen molar-refractivity contribution in [1.29, 1.82) is 0 Å². The van der Waals surface area contributed by atoms with Gasteiger partial charge < -0.3 is 0 Å². The molecule has 0 radical (unpaired) electrons. The van der Waals surface area contributed by atoms with Crippen LogP contribution in [0.5, 0.6) is 0 Å². The van der Waals surface area contributed by atoms with Crippen LogP contribution >= 0.6 is 0 Å². The molecule has 0 heterocycles. The molecule has 25 heavy (non-hydrogen) atoms. The van der Waals surface area contributed by atoms with E-state index in [1.807, 2.05) is 109 Å². The molecule has 0 fully saturated rings. The zero-order valence-corrected chi connectivity index (χ0v) is 16.5. The molecule has 0 nitrogen and oxygen atoms in total. The van der Waals surface area contributed by atoms with Gasteiger partial charge in [0.25, 0.3) is 0 Å². The van der Waals surface area contributed by atoms with Crippen molar-refractivity contribution in [2.75, 3.05) is 0 Å². The number of rotatable bonds is 0. The normalized spacial score (nSPS) is 8.08. The monoisotopic (exact) mass is 360 g/mol. The van der Waals surface area contributed by atoms with Crippen molar-refractivity contribution in [2.24, 2.45) is 0 Å². The first-order chi connectivity index (χ1) is 11.8. The van der Waals surface area contributed by atoms with Gasteiger partial charge in [0.05, 0.1) is 0 Å². The molecule has 0 unspecified atom stereocenters. The minimum Gasteiger partial charge on any atom is -0.214 e. The maximum Gasteiger partial charge on any atom is 4.00 e. The molecule has 0 saturated heterocycles. The molecular formula is C24H24Ti. The van der Waals surface area contributed by atoms with E-state index in [0.29, 0.717) is 0 Å². The Balaban J connectivity index is 0.000000307. The van der Waals surface area contributed by atoms with Crippen LogP contribution in [-0.4, -0.2) is 0 Å². The molecule has 0 aromatic heterocycles. The van der Waals surface area contributed by atoms with Gasteiger partial charge in [-0.2, -0.15) is 108 Å². The predicted molar refractivity (Wildman–Crippen MR) is 104 cm³/mol. The van der Waals surface area contributed by atoms with E-state index >= 15 is 0 Å². The van der Waals surface area contributed by atoms with E-state index in [9.17, 15) is 0 Å². The molecule has 0 amide bonds. The average Bonchev–Trinajstić information content (AvgIpc) is 3.36. The first kappa shape index (κ1) is 22.9. The summed E-state index contributed by atoms with van der Waals surface area (Å²) in [6, 6.07) is 41.6. The smallest absolute Gasteiger partial charge is 0.214 e. The van der Waals surface area contributed by atoms with Crippen molar-refractivity contribution in [1.82, 2.24) is 0 Å². The summed E-state index contributed by atoms with van der Waals surface area (Å²) in [6.45, 7) is 4.13. The molecule has 4 aromatic rings. The number of hydrogen-bond donors (Lipinski definition) is 0. The first-order valence-corrected chi connectivity index (χ1v) is 7.98.